The zero-order chi connectivity index (χ0) is 15.7. The molecule has 0 aliphatic heterocycles. The van der Waals surface area contributed by atoms with Gasteiger partial charge >= 0.3 is 0 Å². The lowest BCUT2D eigenvalue weighted by Gasteiger charge is -2.16. The van der Waals surface area contributed by atoms with Crippen molar-refractivity contribution in [3.05, 3.63) is 51.9 Å². The normalized spacial score (nSPS) is 10.8. The lowest BCUT2D eigenvalue weighted by atomic mass is 10.2. The first kappa shape index (κ1) is 14.3. The fourth-order valence-corrected chi connectivity index (χ4v) is 2.60. The van der Waals surface area contributed by atoms with Crippen LogP contribution in [-0.2, 0) is 13.6 Å². The Kier molecular flexibility index (Phi) is 3.68. The van der Waals surface area contributed by atoms with Gasteiger partial charge < -0.3 is 4.90 Å². The number of nitrogens with zero attached hydrogens (tertiary/aromatic N) is 5. The predicted molar refractivity (Wildman–Crippen MR) is 82.7 cm³/mol. The molecule has 0 unspecified atom stereocenters. The molecule has 3 rings (SSSR count). The van der Waals surface area contributed by atoms with Crippen molar-refractivity contribution in [1.82, 2.24) is 23.4 Å². The van der Waals surface area contributed by atoms with E-state index in [-0.39, 0.29) is 17.2 Å². The van der Waals surface area contributed by atoms with E-state index in [1.807, 2.05) is 18.2 Å². The van der Waals surface area contributed by atoms with Crippen molar-refractivity contribution in [2.24, 2.45) is 7.05 Å². The van der Waals surface area contributed by atoms with Gasteiger partial charge in [-0.3, -0.25) is 9.59 Å². The third-order valence-electron chi connectivity index (χ3n) is 3.26. The van der Waals surface area contributed by atoms with E-state index < -0.39 is 0 Å². The van der Waals surface area contributed by atoms with Crippen LogP contribution in [0.2, 0.25) is 0 Å². The van der Waals surface area contributed by atoms with Crippen LogP contribution in [0.5, 0.6) is 0 Å². The fourth-order valence-electron chi connectivity index (χ4n) is 2.08. The summed E-state index contributed by atoms with van der Waals surface area (Å²) in [6.45, 7) is 0.427. The zero-order valence-electron chi connectivity index (χ0n) is 12.1. The topological polar surface area (TPSA) is 81.0 Å². The number of benzene rings is 1. The number of aryl methyl sites for hydroxylation is 1. The van der Waals surface area contributed by atoms with E-state index in [1.54, 1.807) is 11.9 Å². The molecule has 2 heterocycles. The first-order valence-corrected chi connectivity index (χ1v) is 7.28. The number of amides is 1. The molecular weight excluding hydrogens is 302 g/mol. The Morgan fingerprint density at radius 2 is 2.00 bits per heavy atom. The molecule has 3 aromatic rings. The average molecular weight is 315 g/mol. The van der Waals surface area contributed by atoms with Crippen molar-refractivity contribution in [3.63, 3.8) is 0 Å². The highest BCUT2D eigenvalue weighted by molar-refractivity contribution is 7.00. The number of fused-ring (bicyclic) bond motifs is 1. The van der Waals surface area contributed by atoms with Gasteiger partial charge in [-0.05, 0) is 23.8 Å². The quantitative estimate of drug-likeness (QED) is 0.722. The van der Waals surface area contributed by atoms with Gasteiger partial charge in [-0.25, -0.2) is 4.68 Å². The van der Waals surface area contributed by atoms with Crippen LogP contribution in [0.25, 0.3) is 11.0 Å². The van der Waals surface area contributed by atoms with Gasteiger partial charge in [-0.1, -0.05) is 6.07 Å². The third kappa shape index (κ3) is 2.73. The number of hydrogen-bond acceptors (Lipinski definition) is 6. The Morgan fingerprint density at radius 1 is 1.23 bits per heavy atom. The minimum absolute atomic E-state index is 0.237. The molecule has 0 fully saturated rings. The van der Waals surface area contributed by atoms with Gasteiger partial charge in [0.2, 0.25) is 0 Å². The maximum absolute atomic E-state index is 12.3. The second-order valence-corrected chi connectivity index (χ2v) is 5.46. The van der Waals surface area contributed by atoms with E-state index in [1.165, 1.54) is 19.2 Å². The summed E-state index contributed by atoms with van der Waals surface area (Å²) in [4.78, 5) is 25.2. The average Bonchev–Trinajstić information content (AvgIpc) is 2.97. The predicted octanol–water partition coefficient (Wildman–Crippen LogP) is 1.06. The molecule has 0 aliphatic carbocycles. The van der Waals surface area contributed by atoms with Gasteiger partial charge in [-0.2, -0.15) is 13.8 Å². The van der Waals surface area contributed by atoms with Crippen LogP contribution in [0.3, 0.4) is 0 Å². The lowest BCUT2D eigenvalue weighted by molar-refractivity contribution is 0.0776. The molecule has 0 aliphatic rings. The summed E-state index contributed by atoms with van der Waals surface area (Å²) in [6, 6.07) is 8.49. The SMILES string of the molecule is CN(Cc1ccc2nsnc2c1)C(=O)c1ccc(=O)n(C)n1. The Bertz CT molecular complexity index is 901. The maximum atomic E-state index is 12.3. The molecule has 2 aromatic heterocycles. The second-order valence-electron chi connectivity index (χ2n) is 4.93. The molecule has 22 heavy (non-hydrogen) atoms. The van der Waals surface area contributed by atoms with Crippen molar-refractivity contribution in [2.75, 3.05) is 7.05 Å². The van der Waals surface area contributed by atoms with Gasteiger partial charge in [0.05, 0.1) is 11.7 Å². The Hall–Kier alpha value is -2.61. The highest BCUT2D eigenvalue weighted by Crippen LogP contribution is 2.15. The molecule has 7 nitrogen and oxygen atoms in total. The van der Waals surface area contributed by atoms with Crippen LogP contribution in [0, 0.1) is 0 Å². The van der Waals surface area contributed by atoms with Gasteiger partial charge in [0, 0.05) is 26.7 Å². The van der Waals surface area contributed by atoms with Crippen LogP contribution >= 0.6 is 11.7 Å². The minimum Gasteiger partial charge on any atom is -0.336 e. The van der Waals surface area contributed by atoms with Crippen LogP contribution in [0.15, 0.2) is 35.1 Å². The minimum atomic E-state index is -0.249. The molecule has 0 spiro atoms. The third-order valence-corrected chi connectivity index (χ3v) is 3.82. The maximum Gasteiger partial charge on any atom is 0.274 e. The van der Waals surface area contributed by atoms with Crippen molar-refractivity contribution in [2.45, 2.75) is 6.54 Å². The van der Waals surface area contributed by atoms with Crippen LogP contribution in [-0.4, -0.2) is 36.4 Å². The largest absolute Gasteiger partial charge is 0.336 e. The van der Waals surface area contributed by atoms with Crippen molar-refractivity contribution in [1.29, 1.82) is 0 Å². The summed E-state index contributed by atoms with van der Waals surface area (Å²) in [7, 11) is 3.21. The molecule has 1 aromatic carbocycles. The Labute approximate surface area is 130 Å². The first-order valence-electron chi connectivity index (χ1n) is 6.55. The molecule has 1 amide bonds. The highest BCUT2D eigenvalue weighted by atomic mass is 32.1. The first-order chi connectivity index (χ1) is 10.5. The van der Waals surface area contributed by atoms with Gasteiger partial charge in [0.1, 0.15) is 16.7 Å². The number of hydrogen-bond donors (Lipinski definition) is 0. The highest BCUT2D eigenvalue weighted by Gasteiger charge is 2.15. The standard InChI is InChI=1S/C14H13N5O2S/c1-18(14(21)11-5-6-13(20)19(2)15-11)8-9-3-4-10-12(7-9)17-22-16-10/h3-7H,8H2,1-2H3. The van der Waals surface area contributed by atoms with E-state index >= 15 is 0 Å². The lowest BCUT2D eigenvalue weighted by Crippen LogP contribution is -2.30. The van der Waals surface area contributed by atoms with E-state index in [4.69, 9.17) is 0 Å². The Balaban J connectivity index is 1.80. The van der Waals surface area contributed by atoms with Gasteiger partial charge in [0.15, 0.2) is 0 Å². The molecule has 0 saturated heterocycles. The van der Waals surface area contributed by atoms with Crippen molar-refractivity contribution in [3.8, 4) is 0 Å². The van der Waals surface area contributed by atoms with E-state index in [0.29, 0.717) is 6.54 Å². The zero-order valence-corrected chi connectivity index (χ0v) is 12.9. The number of rotatable bonds is 3. The molecule has 0 N–H and O–H groups in total. The number of carbonyl (C=O) groups excluding carboxylic acids is 1. The van der Waals surface area contributed by atoms with Crippen molar-refractivity contribution < 1.29 is 4.79 Å². The summed E-state index contributed by atoms with van der Waals surface area (Å²) in [5.41, 5.74) is 2.62. The number of aromatic nitrogens is 4. The Morgan fingerprint density at radius 3 is 2.77 bits per heavy atom. The summed E-state index contributed by atoms with van der Waals surface area (Å²) < 4.78 is 9.48. The van der Waals surface area contributed by atoms with Gasteiger partial charge in [-0.15, -0.1) is 0 Å². The second kappa shape index (κ2) is 5.64. The smallest absolute Gasteiger partial charge is 0.274 e. The molecule has 112 valence electrons. The van der Waals surface area contributed by atoms with E-state index in [9.17, 15) is 9.59 Å². The fraction of sp³-hybridized carbons (Fsp3) is 0.214. The van der Waals surface area contributed by atoms with Crippen LogP contribution in [0.1, 0.15) is 16.1 Å². The summed E-state index contributed by atoms with van der Waals surface area (Å²) in [5, 5.41) is 3.97. The molecule has 8 heteroatoms. The molecule has 0 radical (unpaired) electrons. The van der Waals surface area contributed by atoms with Gasteiger partial charge in [0.25, 0.3) is 11.5 Å². The van der Waals surface area contributed by atoms with Crippen LogP contribution in [0.4, 0.5) is 0 Å². The summed E-state index contributed by atoms with van der Waals surface area (Å²) >= 11 is 1.16. The summed E-state index contributed by atoms with van der Waals surface area (Å²) in [6.07, 6.45) is 0. The molecular formula is C14H13N5O2S. The van der Waals surface area contributed by atoms with E-state index in [0.717, 1.165) is 33.0 Å². The molecule has 0 bridgehead atoms. The summed E-state index contributed by atoms with van der Waals surface area (Å²) in [5.74, 6) is -0.243. The monoisotopic (exact) mass is 315 g/mol. The van der Waals surface area contributed by atoms with E-state index in [2.05, 4.69) is 13.8 Å². The van der Waals surface area contributed by atoms with Crippen molar-refractivity contribution >= 4 is 28.7 Å². The molecule has 0 atom stereocenters. The molecule has 0 saturated carbocycles. The number of carbonyl (C=O) groups is 1. The van der Waals surface area contributed by atoms with Crippen LogP contribution < -0.4 is 5.56 Å².